The summed E-state index contributed by atoms with van der Waals surface area (Å²) < 4.78 is 30.1. The number of amides is 1. The van der Waals surface area contributed by atoms with Gasteiger partial charge in [0.25, 0.3) is 5.91 Å². The Bertz CT molecular complexity index is 1290. The van der Waals surface area contributed by atoms with E-state index in [0.29, 0.717) is 24.7 Å². The summed E-state index contributed by atoms with van der Waals surface area (Å²) in [6.07, 6.45) is 1.99. The van der Waals surface area contributed by atoms with Crippen LogP contribution in [0.15, 0.2) is 48.7 Å². The van der Waals surface area contributed by atoms with Gasteiger partial charge in [-0.1, -0.05) is 12.1 Å². The number of nitrogens with zero attached hydrogens (tertiary/aromatic N) is 3. The summed E-state index contributed by atoms with van der Waals surface area (Å²) in [4.78, 5) is 35.8. The van der Waals surface area contributed by atoms with Crippen LogP contribution in [0.25, 0.3) is 0 Å². The third kappa shape index (κ3) is 6.52. The first-order valence-corrected chi connectivity index (χ1v) is 11.8. The van der Waals surface area contributed by atoms with Crippen LogP contribution in [0.5, 0.6) is 11.6 Å². The van der Waals surface area contributed by atoms with Crippen LogP contribution in [0, 0.1) is 5.82 Å². The van der Waals surface area contributed by atoms with Gasteiger partial charge < -0.3 is 24.4 Å². The molecule has 1 aliphatic rings. The number of hydrogen-bond acceptors (Lipinski definition) is 8. The van der Waals surface area contributed by atoms with Crippen molar-refractivity contribution in [2.45, 2.75) is 39.4 Å². The third-order valence-electron chi connectivity index (χ3n) is 5.51. The standard InChI is InChI=1S/C27H29FN4O5/c1-27(2,3)37-23(33)15-29-24(34)21-14-30-26(32-12-11-18-13-19(28)7-10-22(18)32)31-25(21)36-16-17-5-8-20(35-4)9-6-17/h5-10,13-14H,11-12,15-16H2,1-4H3,(H,29,34). The molecule has 0 saturated heterocycles. The second-order valence-electron chi connectivity index (χ2n) is 9.47. The Morgan fingerprint density at radius 1 is 1.14 bits per heavy atom. The highest BCUT2D eigenvalue weighted by Gasteiger charge is 2.26. The summed E-state index contributed by atoms with van der Waals surface area (Å²) in [5, 5.41) is 2.54. The van der Waals surface area contributed by atoms with E-state index in [9.17, 15) is 14.0 Å². The number of ether oxygens (including phenoxy) is 3. The molecule has 0 bridgehead atoms. The zero-order chi connectivity index (χ0) is 26.6. The Hall–Kier alpha value is -4.21. The monoisotopic (exact) mass is 508 g/mol. The molecule has 0 spiro atoms. The first-order valence-electron chi connectivity index (χ1n) is 11.8. The molecule has 194 valence electrons. The molecule has 4 rings (SSSR count). The highest BCUT2D eigenvalue weighted by atomic mass is 19.1. The fourth-order valence-electron chi connectivity index (χ4n) is 3.83. The fraction of sp³-hybridized carbons (Fsp3) is 0.333. The van der Waals surface area contributed by atoms with Gasteiger partial charge in [-0.05, 0) is 68.7 Å². The molecule has 9 nitrogen and oxygen atoms in total. The molecule has 0 aliphatic carbocycles. The van der Waals surface area contributed by atoms with Crippen LogP contribution in [-0.2, 0) is 22.6 Å². The topological polar surface area (TPSA) is 103 Å². The van der Waals surface area contributed by atoms with Crippen LogP contribution in [0.3, 0.4) is 0 Å². The van der Waals surface area contributed by atoms with Crippen molar-refractivity contribution in [3.05, 3.63) is 71.2 Å². The highest BCUT2D eigenvalue weighted by molar-refractivity contribution is 5.97. The zero-order valence-electron chi connectivity index (χ0n) is 21.2. The summed E-state index contributed by atoms with van der Waals surface area (Å²) in [6.45, 7) is 5.61. The van der Waals surface area contributed by atoms with E-state index in [4.69, 9.17) is 14.2 Å². The van der Waals surface area contributed by atoms with Crippen molar-refractivity contribution < 1.29 is 28.2 Å². The number of halogens is 1. The minimum Gasteiger partial charge on any atom is -0.497 e. The molecule has 0 unspecified atom stereocenters. The van der Waals surface area contributed by atoms with Gasteiger partial charge in [-0.25, -0.2) is 9.37 Å². The fourth-order valence-corrected chi connectivity index (χ4v) is 3.83. The predicted molar refractivity (Wildman–Crippen MR) is 135 cm³/mol. The Labute approximate surface area is 214 Å². The quantitative estimate of drug-likeness (QED) is 0.456. The molecule has 3 aromatic rings. The van der Waals surface area contributed by atoms with Gasteiger partial charge in [-0.15, -0.1) is 0 Å². The summed E-state index contributed by atoms with van der Waals surface area (Å²) >= 11 is 0. The van der Waals surface area contributed by atoms with E-state index >= 15 is 0 Å². The van der Waals surface area contributed by atoms with Gasteiger partial charge in [-0.2, -0.15) is 4.98 Å². The number of methoxy groups -OCH3 is 1. The number of fused-ring (bicyclic) bond motifs is 1. The maximum atomic E-state index is 13.7. The van der Waals surface area contributed by atoms with Crippen molar-refractivity contribution in [3.63, 3.8) is 0 Å². The van der Waals surface area contributed by atoms with Gasteiger partial charge in [0, 0.05) is 18.4 Å². The van der Waals surface area contributed by atoms with Crippen molar-refractivity contribution in [3.8, 4) is 11.6 Å². The number of rotatable bonds is 8. The minimum atomic E-state index is -0.672. The van der Waals surface area contributed by atoms with Crippen molar-refractivity contribution in [1.29, 1.82) is 0 Å². The van der Waals surface area contributed by atoms with Crippen molar-refractivity contribution in [1.82, 2.24) is 15.3 Å². The van der Waals surface area contributed by atoms with E-state index in [0.717, 1.165) is 16.8 Å². The molecular weight excluding hydrogens is 479 g/mol. The minimum absolute atomic E-state index is 0.0538. The second-order valence-corrected chi connectivity index (χ2v) is 9.47. The molecule has 2 aromatic carbocycles. The molecule has 1 N–H and O–H groups in total. The molecular formula is C27H29FN4O5. The van der Waals surface area contributed by atoms with E-state index in [1.807, 2.05) is 17.0 Å². The lowest BCUT2D eigenvalue weighted by Crippen LogP contribution is -2.35. The SMILES string of the molecule is COc1ccc(COc2nc(N3CCc4cc(F)ccc43)ncc2C(=O)NCC(=O)OC(C)(C)C)cc1. The van der Waals surface area contributed by atoms with Gasteiger partial charge in [-0.3, -0.25) is 9.59 Å². The van der Waals surface area contributed by atoms with E-state index in [2.05, 4.69) is 15.3 Å². The lowest BCUT2D eigenvalue weighted by molar-refractivity contribution is -0.153. The first kappa shape index (κ1) is 25.9. The van der Waals surface area contributed by atoms with E-state index < -0.39 is 17.5 Å². The average Bonchev–Trinajstić information content (AvgIpc) is 3.28. The molecule has 2 heterocycles. The van der Waals surface area contributed by atoms with Gasteiger partial charge >= 0.3 is 5.97 Å². The lowest BCUT2D eigenvalue weighted by Gasteiger charge is -2.20. The van der Waals surface area contributed by atoms with Gasteiger partial charge in [0.15, 0.2) is 0 Å². The van der Waals surface area contributed by atoms with E-state index in [1.165, 1.54) is 18.3 Å². The number of aromatic nitrogens is 2. The molecule has 0 atom stereocenters. The van der Waals surface area contributed by atoms with E-state index in [-0.39, 0.29) is 30.4 Å². The van der Waals surface area contributed by atoms with Crippen LogP contribution in [0.4, 0.5) is 16.0 Å². The average molecular weight is 509 g/mol. The molecule has 1 aliphatic heterocycles. The molecule has 0 fully saturated rings. The largest absolute Gasteiger partial charge is 0.497 e. The lowest BCUT2D eigenvalue weighted by atomic mass is 10.2. The second kappa shape index (κ2) is 10.8. The summed E-state index contributed by atoms with van der Waals surface area (Å²) in [5.41, 5.74) is 1.88. The van der Waals surface area contributed by atoms with Crippen molar-refractivity contribution >= 4 is 23.5 Å². The molecule has 10 heteroatoms. The molecule has 1 aromatic heterocycles. The Morgan fingerprint density at radius 2 is 1.89 bits per heavy atom. The maximum absolute atomic E-state index is 13.7. The summed E-state index contributed by atoms with van der Waals surface area (Å²) in [6, 6.07) is 11.9. The van der Waals surface area contributed by atoms with Gasteiger partial charge in [0.2, 0.25) is 11.8 Å². The maximum Gasteiger partial charge on any atom is 0.325 e. The molecule has 1 amide bonds. The Balaban J connectivity index is 1.57. The summed E-state index contributed by atoms with van der Waals surface area (Å²) in [5.74, 6) is -0.371. The van der Waals surface area contributed by atoms with Crippen LogP contribution in [0.1, 0.15) is 42.3 Å². The van der Waals surface area contributed by atoms with Crippen molar-refractivity contribution in [2.24, 2.45) is 0 Å². The number of esters is 1. The van der Waals surface area contributed by atoms with Gasteiger partial charge in [0.1, 0.15) is 35.9 Å². The number of nitrogens with one attached hydrogen (secondary N) is 1. The van der Waals surface area contributed by atoms with Crippen molar-refractivity contribution in [2.75, 3.05) is 25.1 Å². The summed E-state index contributed by atoms with van der Waals surface area (Å²) in [7, 11) is 1.58. The van der Waals surface area contributed by atoms with Crippen LogP contribution < -0.4 is 19.7 Å². The smallest absolute Gasteiger partial charge is 0.325 e. The van der Waals surface area contributed by atoms with Crippen LogP contribution in [-0.4, -0.2) is 47.6 Å². The molecule has 37 heavy (non-hydrogen) atoms. The van der Waals surface area contributed by atoms with Gasteiger partial charge in [0.05, 0.1) is 7.11 Å². The zero-order valence-corrected chi connectivity index (χ0v) is 21.2. The van der Waals surface area contributed by atoms with Crippen LogP contribution >= 0.6 is 0 Å². The van der Waals surface area contributed by atoms with E-state index in [1.54, 1.807) is 46.1 Å². The number of carbonyl (C=O) groups is 2. The molecule has 0 radical (unpaired) electrons. The van der Waals surface area contributed by atoms with Crippen LogP contribution in [0.2, 0.25) is 0 Å². The Kier molecular flexibility index (Phi) is 7.56. The Morgan fingerprint density at radius 3 is 2.59 bits per heavy atom. The third-order valence-corrected chi connectivity index (χ3v) is 5.51. The number of benzene rings is 2. The molecule has 0 saturated carbocycles. The number of carbonyl (C=O) groups excluding carboxylic acids is 2. The first-order chi connectivity index (χ1) is 17.6. The highest BCUT2D eigenvalue weighted by Crippen LogP contribution is 2.34. The number of hydrogen-bond donors (Lipinski definition) is 1. The normalized spacial score (nSPS) is 12.6. The predicted octanol–water partition coefficient (Wildman–Crippen LogP) is 3.97. The number of anilines is 2.